The molecule has 0 radical (unpaired) electrons. The number of aromatic nitrogens is 2. The molecule has 0 spiro atoms. The van der Waals surface area contributed by atoms with Crippen molar-refractivity contribution in [1.29, 1.82) is 0 Å². The van der Waals surface area contributed by atoms with E-state index < -0.39 is 5.97 Å². The van der Waals surface area contributed by atoms with Crippen molar-refractivity contribution < 1.29 is 9.90 Å². The highest BCUT2D eigenvalue weighted by Crippen LogP contribution is 2.20. The first-order valence-electron chi connectivity index (χ1n) is 5.68. The van der Waals surface area contributed by atoms with Gasteiger partial charge in [0, 0.05) is 24.8 Å². The van der Waals surface area contributed by atoms with E-state index in [4.69, 9.17) is 5.11 Å². The second kappa shape index (κ2) is 4.57. The van der Waals surface area contributed by atoms with Gasteiger partial charge in [0.25, 0.3) is 5.56 Å². The normalized spacial score (nSPS) is 19.6. The molecule has 1 aromatic rings. The molecular formula is C11H15N3O3. The van der Waals surface area contributed by atoms with Crippen LogP contribution in [-0.2, 0) is 11.2 Å². The zero-order valence-electron chi connectivity index (χ0n) is 9.64. The number of carbonyl (C=O) groups is 1. The fraction of sp³-hybridized carbons (Fsp3) is 0.545. The number of aromatic amines is 1. The Labute approximate surface area is 98.3 Å². The number of anilines is 1. The number of carboxylic acid groups (broad SMARTS) is 1. The minimum absolute atomic E-state index is 0.189. The van der Waals surface area contributed by atoms with Gasteiger partial charge in [-0.15, -0.1) is 0 Å². The summed E-state index contributed by atoms with van der Waals surface area (Å²) in [6, 6.07) is 1.47. The van der Waals surface area contributed by atoms with Gasteiger partial charge in [-0.05, 0) is 12.8 Å². The number of aryl methyl sites for hydroxylation is 1. The predicted octanol–water partition coefficient (Wildman–Crippen LogP) is 0.243. The molecule has 17 heavy (non-hydrogen) atoms. The van der Waals surface area contributed by atoms with E-state index in [0.29, 0.717) is 31.9 Å². The molecule has 1 fully saturated rings. The third-order valence-corrected chi connectivity index (χ3v) is 2.98. The van der Waals surface area contributed by atoms with E-state index in [0.717, 1.165) is 5.69 Å². The van der Waals surface area contributed by atoms with Crippen LogP contribution < -0.4 is 10.5 Å². The maximum Gasteiger partial charge on any atom is 0.308 e. The maximum atomic E-state index is 11.4. The largest absolute Gasteiger partial charge is 0.481 e. The summed E-state index contributed by atoms with van der Waals surface area (Å²) in [7, 11) is 0. The smallest absolute Gasteiger partial charge is 0.308 e. The Balaban J connectivity index is 2.21. The van der Waals surface area contributed by atoms with Crippen LogP contribution in [-0.4, -0.2) is 34.1 Å². The van der Waals surface area contributed by atoms with Crippen LogP contribution in [0.25, 0.3) is 0 Å². The topological polar surface area (TPSA) is 86.3 Å². The maximum absolute atomic E-state index is 11.4. The third kappa shape index (κ3) is 2.46. The molecule has 0 bridgehead atoms. The molecule has 6 nitrogen and oxygen atoms in total. The average Bonchev–Trinajstić information content (AvgIpc) is 2.77. The lowest BCUT2D eigenvalue weighted by Crippen LogP contribution is -2.27. The minimum Gasteiger partial charge on any atom is -0.481 e. The standard InChI is InChI=1S/C11H15N3O3/c1-2-8-5-9(15)13-11(12-8)14-4-3-7(6-14)10(16)17/h5,7H,2-4,6H2,1H3,(H,16,17)(H,12,13,15). The highest BCUT2D eigenvalue weighted by atomic mass is 16.4. The molecule has 2 rings (SSSR count). The van der Waals surface area contributed by atoms with Crippen molar-refractivity contribution in [2.45, 2.75) is 19.8 Å². The van der Waals surface area contributed by atoms with Gasteiger partial charge in [-0.2, -0.15) is 0 Å². The molecule has 1 atom stereocenters. The average molecular weight is 237 g/mol. The predicted molar refractivity (Wildman–Crippen MR) is 62.2 cm³/mol. The van der Waals surface area contributed by atoms with Gasteiger partial charge in [-0.1, -0.05) is 6.92 Å². The molecule has 0 aliphatic carbocycles. The molecule has 1 aromatic heterocycles. The lowest BCUT2D eigenvalue weighted by atomic mass is 10.1. The molecule has 2 heterocycles. The Kier molecular flexibility index (Phi) is 3.12. The Hall–Kier alpha value is -1.85. The number of aliphatic carboxylic acids is 1. The molecule has 0 saturated carbocycles. The zero-order valence-corrected chi connectivity index (χ0v) is 9.64. The number of H-pyrrole nitrogens is 1. The van der Waals surface area contributed by atoms with Crippen LogP contribution in [0.3, 0.4) is 0 Å². The summed E-state index contributed by atoms with van der Waals surface area (Å²) >= 11 is 0. The van der Waals surface area contributed by atoms with Crippen molar-refractivity contribution in [1.82, 2.24) is 9.97 Å². The van der Waals surface area contributed by atoms with Crippen LogP contribution in [0.1, 0.15) is 19.0 Å². The van der Waals surface area contributed by atoms with Crippen LogP contribution in [0.4, 0.5) is 5.95 Å². The molecule has 6 heteroatoms. The molecule has 1 unspecified atom stereocenters. The first-order chi connectivity index (χ1) is 8.10. The van der Waals surface area contributed by atoms with Gasteiger partial charge in [0.2, 0.25) is 5.95 Å². The Morgan fingerprint density at radius 1 is 1.71 bits per heavy atom. The highest BCUT2D eigenvalue weighted by Gasteiger charge is 2.29. The van der Waals surface area contributed by atoms with Crippen LogP contribution in [0.15, 0.2) is 10.9 Å². The van der Waals surface area contributed by atoms with E-state index in [2.05, 4.69) is 9.97 Å². The Morgan fingerprint density at radius 3 is 3.06 bits per heavy atom. The number of rotatable bonds is 3. The molecule has 0 amide bonds. The summed E-state index contributed by atoms with van der Waals surface area (Å²) in [6.45, 7) is 2.95. The monoisotopic (exact) mass is 237 g/mol. The molecule has 0 aromatic carbocycles. The van der Waals surface area contributed by atoms with Crippen molar-refractivity contribution in [2.24, 2.45) is 5.92 Å². The molecule has 2 N–H and O–H groups in total. The summed E-state index contributed by atoms with van der Waals surface area (Å²) in [5, 5.41) is 8.91. The van der Waals surface area contributed by atoms with Crippen molar-refractivity contribution >= 4 is 11.9 Å². The van der Waals surface area contributed by atoms with E-state index in [1.54, 1.807) is 0 Å². The first-order valence-corrected chi connectivity index (χ1v) is 5.68. The lowest BCUT2D eigenvalue weighted by Gasteiger charge is -2.16. The van der Waals surface area contributed by atoms with Crippen molar-refractivity contribution in [3.8, 4) is 0 Å². The van der Waals surface area contributed by atoms with E-state index in [1.165, 1.54) is 6.07 Å². The van der Waals surface area contributed by atoms with Gasteiger partial charge in [0.05, 0.1) is 5.92 Å². The lowest BCUT2D eigenvalue weighted by molar-refractivity contribution is -0.140. The van der Waals surface area contributed by atoms with Crippen molar-refractivity contribution in [2.75, 3.05) is 18.0 Å². The summed E-state index contributed by atoms with van der Waals surface area (Å²) in [5.74, 6) is -0.676. The second-order valence-corrected chi connectivity index (χ2v) is 4.18. The summed E-state index contributed by atoms with van der Waals surface area (Å²) < 4.78 is 0. The molecule has 92 valence electrons. The number of hydrogen-bond acceptors (Lipinski definition) is 4. The number of hydrogen-bond donors (Lipinski definition) is 2. The van der Waals surface area contributed by atoms with E-state index in [-0.39, 0.29) is 11.5 Å². The Bertz CT molecular complexity index is 483. The SMILES string of the molecule is CCc1cc(=O)[nH]c(N2CCC(C(=O)O)C2)n1. The fourth-order valence-corrected chi connectivity index (χ4v) is 1.98. The van der Waals surface area contributed by atoms with Gasteiger partial charge >= 0.3 is 5.97 Å². The van der Waals surface area contributed by atoms with Gasteiger partial charge in [-0.3, -0.25) is 14.6 Å². The number of nitrogens with zero attached hydrogens (tertiary/aromatic N) is 2. The first kappa shape index (κ1) is 11.6. The van der Waals surface area contributed by atoms with E-state index >= 15 is 0 Å². The highest BCUT2D eigenvalue weighted by molar-refractivity contribution is 5.71. The van der Waals surface area contributed by atoms with Gasteiger partial charge in [0.1, 0.15) is 0 Å². The van der Waals surface area contributed by atoms with Crippen LogP contribution in [0, 0.1) is 5.92 Å². The van der Waals surface area contributed by atoms with Gasteiger partial charge < -0.3 is 10.0 Å². The van der Waals surface area contributed by atoms with Crippen molar-refractivity contribution in [3.63, 3.8) is 0 Å². The van der Waals surface area contributed by atoms with Gasteiger partial charge in [0.15, 0.2) is 0 Å². The van der Waals surface area contributed by atoms with Crippen molar-refractivity contribution in [3.05, 3.63) is 22.1 Å². The van der Waals surface area contributed by atoms with Crippen LogP contribution in [0.2, 0.25) is 0 Å². The fourth-order valence-electron chi connectivity index (χ4n) is 1.98. The number of carboxylic acids is 1. The van der Waals surface area contributed by atoms with Crippen LogP contribution in [0.5, 0.6) is 0 Å². The summed E-state index contributed by atoms with van der Waals surface area (Å²) in [4.78, 5) is 31.0. The summed E-state index contributed by atoms with van der Waals surface area (Å²) in [5.41, 5.74) is 0.535. The summed E-state index contributed by atoms with van der Waals surface area (Å²) in [6.07, 6.45) is 1.28. The van der Waals surface area contributed by atoms with E-state index in [1.807, 2.05) is 11.8 Å². The quantitative estimate of drug-likeness (QED) is 0.786. The minimum atomic E-state index is -0.790. The Morgan fingerprint density at radius 2 is 2.47 bits per heavy atom. The second-order valence-electron chi connectivity index (χ2n) is 4.18. The zero-order chi connectivity index (χ0) is 12.4. The van der Waals surface area contributed by atoms with Crippen LogP contribution >= 0.6 is 0 Å². The molecule has 1 aliphatic heterocycles. The number of nitrogens with one attached hydrogen (secondary N) is 1. The molecule has 1 aliphatic rings. The molecule has 1 saturated heterocycles. The van der Waals surface area contributed by atoms with Gasteiger partial charge in [-0.25, -0.2) is 4.98 Å². The molecular weight excluding hydrogens is 222 g/mol. The van der Waals surface area contributed by atoms with E-state index in [9.17, 15) is 9.59 Å². The third-order valence-electron chi connectivity index (χ3n) is 2.98.